The van der Waals surface area contributed by atoms with Crippen LogP contribution >= 0.6 is 0 Å². The summed E-state index contributed by atoms with van der Waals surface area (Å²) in [5, 5.41) is 0. The summed E-state index contributed by atoms with van der Waals surface area (Å²) in [5.41, 5.74) is 0.297. The van der Waals surface area contributed by atoms with E-state index in [4.69, 9.17) is 4.74 Å². The highest BCUT2D eigenvalue weighted by Crippen LogP contribution is 2.29. The van der Waals surface area contributed by atoms with E-state index >= 15 is 0 Å². The van der Waals surface area contributed by atoms with Gasteiger partial charge in [-0.1, -0.05) is 41.5 Å². The molecule has 0 amide bonds. The second kappa shape index (κ2) is 6.05. The van der Waals surface area contributed by atoms with Crippen molar-refractivity contribution in [3.63, 3.8) is 0 Å². The summed E-state index contributed by atoms with van der Waals surface area (Å²) in [6.45, 7) is 18.9. The summed E-state index contributed by atoms with van der Waals surface area (Å²) >= 11 is 0. The molecule has 0 fully saturated rings. The zero-order valence-electron chi connectivity index (χ0n) is 12.7. The average molecular weight is 228 g/mol. The first-order chi connectivity index (χ1) is 7.07. The van der Waals surface area contributed by atoms with Crippen LogP contribution in [-0.2, 0) is 4.74 Å². The minimum atomic E-state index is 0.0242. The fourth-order valence-corrected chi connectivity index (χ4v) is 1.26. The highest BCUT2D eigenvalue weighted by atomic mass is 16.5. The number of ether oxygens (including phenoxy) is 1. The molecule has 0 aliphatic rings. The van der Waals surface area contributed by atoms with Crippen molar-refractivity contribution in [2.24, 2.45) is 17.3 Å². The standard InChI is InChI=1S/C15H32O/c1-12(2)9-10-15(7,8)16-11-14(5,6)13(3)4/h12-13H,9-11H2,1-8H3. The zero-order valence-corrected chi connectivity index (χ0v) is 12.7. The van der Waals surface area contributed by atoms with Crippen LogP contribution < -0.4 is 0 Å². The van der Waals surface area contributed by atoms with Crippen molar-refractivity contribution >= 4 is 0 Å². The molecular weight excluding hydrogens is 196 g/mol. The molecule has 0 bridgehead atoms. The molecule has 0 rings (SSSR count). The molecule has 1 heteroatoms. The van der Waals surface area contributed by atoms with E-state index in [1.165, 1.54) is 6.42 Å². The third kappa shape index (κ3) is 6.52. The normalized spacial score (nSPS) is 13.9. The zero-order chi connectivity index (χ0) is 13.0. The molecule has 0 heterocycles. The van der Waals surface area contributed by atoms with E-state index in [0.717, 1.165) is 18.9 Å². The topological polar surface area (TPSA) is 9.23 Å². The summed E-state index contributed by atoms with van der Waals surface area (Å²) in [7, 11) is 0. The summed E-state index contributed by atoms with van der Waals surface area (Å²) in [6.07, 6.45) is 2.40. The molecule has 0 aliphatic heterocycles. The van der Waals surface area contributed by atoms with Crippen molar-refractivity contribution in [2.75, 3.05) is 6.61 Å². The van der Waals surface area contributed by atoms with Crippen LogP contribution in [0.1, 0.15) is 68.2 Å². The first-order valence-electron chi connectivity index (χ1n) is 6.71. The van der Waals surface area contributed by atoms with Gasteiger partial charge in [0.2, 0.25) is 0 Å². The van der Waals surface area contributed by atoms with Crippen LogP contribution in [-0.4, -0.2) is 12.2 Å². The van der Waals surface area contributed by atoms with E-state index in [1.54, 1.807) is 0 Å². The van der Waals surface area contributed by atoms with Gasteiger partial charge in [0.05, 0.1) is 12.2 Å². The predicted molar refractivity (Wildman–Crippen MR) is 72.7 cm³/mol. The largest absolute Gasteiger partial charge is 0.375 e. The highest BCUT2D eigenvalue weighted by molar-refractivity contribution is 4.76. The van der Waals surface area contributed by atoms with E-state index in [1.807, 2.05) is 0 Å². The van der Waals surface area contributed by atoms with Gasteiger partial charge in [-0.3, -0.25) is 0 Å². The molecule has 16 heavy (non-hydrogen) atoms. The molecule has 0 aromatic carbocycles. The molecule has 98 valence electrons. The van der Waals surface area contributed by atoms with Crippen LogP contribution in [0.5, 0.6) is 0 Å². The molecule has 0 spiro atoms. The summed E-state index contributed by atoms with van der Waals surface area (Å²) in [4.78, 5) is 0. The van der Waals surface area contributed by atoms with Crippen LogP contribution in [0, 0.1) is 17.3 Å². The van der Waals surface area contributed by atoms with Gasteiger partial charge >= 0.3 is 0 Å². The molecule has 0 atom stereocenters. The van der Waals surface area contributed by atoms with Crippen molar-refractivity contribution in [3.8, 4) is 0 Å². The van der Waals surface area contributed by atoms with Crippen molar-refractivity contribution in [3.05, 3.63) is 0 Å². The molecule has 0 saturated carbocycles. The van der Waals surface area contributed by atoms with Crippen LogP contribution in [0.2, 0.25) is 0 Å². The number of hydrogen-bond acceptors (Lipinski definition) is 1. The molecule has 0 unspecified atom stereocenters. The van der Waals surface area contributed by atoms with Gasteiger partial charge in [-0.05, 0) is 43.9 Å². The average Bonchev–Trinajstić information content (AvgIpc) is 2.12. The molecule has 0 aliphatic carbocycles. The van der Waals surface area contributed by atoms with E-state index in [9.17, 15) is 0 Å². The molecule has 1 nitrogen and oxygen atoms in total. The fraction of sp³-hybridized carbons (Fsp3) is 1.00. The lowest BCUT2D eigenvalue weighted by Gasteiger charge is -2.34. The van der Waals surface area contributed by atoms with Crippen molar-refractivity contribution < 1.29 is 4.74 Å². The van der Waals surface area contributed by atoms with Crippen molar-refractivity contribution in [2.45, 2.75) is 73.8 Å². The summed E-state index contributed by atoms with van der Waals surface area (Å²) in [6, 6.07) is 0. The number of hydrogen-bond donors (Lipinski definition) is 0. The molecule has 0 aromatic heterocycles. The molecular formula is C15H32O. The maximum Gasteiger partial charge on any atom is 0.0626 e. The van der Waals surface area contributed by atoms with Gasteiger partial charge in [0.25, 0.3) is 0 Å². The monoisotopic (exact) mass is 228 g/mol. The van der Waals surface area contributed by atoms with Crippen molar-refractivity contribution in [1.82, 2.24) is 0 Å². The smallest absolute Gasteiger partial charge is 0.0626 e. The molecule has 0 saturated heterocycles. The van der Waals surface area contributed by atoms with Crippen LogP contribution in [0.15, 0.2) is 0 Å². The Kier molecular flexibility index (Phi) is 6.03. The Balaban J connectivity index is 4.07. The van der Waals surface area contributed by atoms with Crippen LogP contribution in [0.4, 0.5) is 0 Å². The van der Waals surface area contributed by atoms with Gasteiger partial charge < -0.3 is 4.74 Å². The van der Waals surface area contributed by atoms with E-state index in [2.05, 4.69) is 55.4 Å². The van der Waals surface area contributed by atoms with Crippen LogP contribution in [0.25, 0.3) is 0 Å². The molecule has 0 N–H and O–H groups in total. The maximum absolute atomic E-state index is 6.11. The Morgan fingerprint density at radius 3 is 1.81 bits per heavy atom. The van der Waals surface area contributed by atoms with Crippen molar-refractivity contribution in [1.29, 1.82) is 0 Å². The van der Waals surface area contributed by atoms with Gasteiger partial charge in [0, 0.05) is 0 Å². The van der Waals surface area contributed by atoms with Gasteiger partial charge in [-0.25, -0.2) is 0 Å². The SMILES string of the molecule is CC(C)CCC(C)(C)OCC(C)(C)C(C)C. The van der Waals surface area contributed by atoms with Gasteiger partial charge in [-0.2, -0.15) is 0 Å². The minimum absolute atomic E-state index is 0.0242. The Labute approximate surface area is 103 Å². The summed E-state index contributed by atoms with van der Waals surface area (Å²) < 4.78 is 6.11. The lowest BCUT2D eigenvalue weighted by molar-refractivity contribution is -0.0717. The first-order valence-corrected chi connectivity index (χ1v) is 6.71. The van der Waals surface area contributed by atoms with Gasteiger partial charge in [-0.15, -0.1) is 0 Å². The Bertz CT molecular complexity index is 190. The lowest BCUT2D eigenvalue weighted by atomic mass is 9.82. The minimum Gasteiger partial charge on any atom is -0.375 e. The fourth-order valence-electron chi connectivity index (χ4n) is 1.26. The van der Waals surface area contributed by atoms with E-state index in [-0.39, 0.29) is 11.0 Å². The third-order valence-corrected chi connectivity index (χ3v) is 3.72. The van der Waals surface area contributed by atoms with Gasteiger partial charge in [0.1, 0.15) is 0 Å². The second-order valence-corrected chi connectivity index (χ2v) is 7.12. The second-order valence-electron chi connectivity index (χ2n) is 7.12. The Morgan fingerprint density at radius 1 is 0.938 bits per heavy atom. The van der Waals surface area contributed by atoms with E-state index < -0.39 is 0 Å². The number of rotatable bonds is 7. The maximum atomic E-state index is 6.11. The lowest BCUT2D eigenvalue weighted by Crippen LogP contribution is -2.33. The van der Waals surface area contributed by atoms with Crippen LogP contribution in [0.3, 0.4) is 0 Å². The third-order valence-electron chi connectivity index (χ3n) is 3.72. The molecule has 0 aromatic rings. The Morgan fingerprint density at radius 2 is 1.44 bits per heavy atom. The van der Waals surface area contributed by atoms with Gasteiger partial charge in [0.15, 0.2) is 0 Å². The highest BCUT2D eigenvalue weighted by Gasteiger charge is 2.27. The molecule has 0 radical (unpaired) electrons. The quantitative estimate of drug-likeness (QED) is 0.602. The summed E-state index contributed by atoms with van der Waals surface area (Å²) in [5.74, 6) is 1.43. The Hall–Kier alpha value is -0.0400. The first kappa shape index (κ1) is 16.0. The predicted octanol–water partition coefficient (Wildman–Crippen LogP) is 4.90. The van der Waals surface area contributed by atoms with E-state index in [0.29, 0.717) is 5.92 Å².